The Morgan fingerprint density at radius 1 is 1.25 bits per heavy atom. The van der Waals surface area contributed by atoms with Gasteiger partial charge in [0.1, 0.15) is 0 Å². The molecule has 1 aliphatic rings. The smallest absolute Gasteiger partial charge is 0.223 e. The highest BCUT2D eigenvalue weighted by molar-refractivity contribution is 5.78. The molecule has 0 unspecified atom stereocenters. The number of carbonyl (C=O) groups is 1. The Labute approximate surface area is 125 Å². The number of nitrogens with one attached hydrogen (secondary N) is 1. The summed E-state index contributed by atoms with van der Waals surface area (Å²) >= 11 is 0. The number of nitrogens with two attached hydrogens (primary N) is 1. The third-order valence-electron chi connectivity index (χ3n) is 4.75. The third kappa shape index (κ3) is 6.25. The van der Waals surface area contributed by atoms with E-state index in [2.05, 4.69) is 26.1 Å². The molecule has 20 heavy (non-hydrogen) atoms. The van der Waals surface area contributed by atoms with Crippen LogP contribution in [-0.4, -0.2) is 19.0 Å². The summed E-state index contributed by atoms with van der Waals surface area (Å²) in [5.74, 6) is 1.39. The van der Waals surface area contributed by atoms with Gasteiger partial charge in [0.05, 0.1) is 0 Å². The van der Waals surface area contributed by atoms with Gasteiger partial charge in [0.2, 0.25) is 5.91 Å². The van der Waals surface area contributed by atoms with Crippen LogP contribution >= 0.6 is 0 Å². The quantitative estimate of drug-likeness (QED) is 0.716. The van der Waals surface area contributed by atoms with Crippen molar-refractivity contribution in [1.29, 1.82) is 0 Å². The van der Waals surface area contributed by atoms with Crippen molar-refractivity contribution in [3.05, 3.63) is 0 Å². The highest BCUT2D eigenvalue weighted by atomic mass is 16.1. The molecular weight excluding hydrogens is 248 g/mol. The van der Waals surface area contributed by atoms with Gasteiger partial charge >= 0.3 is 0 Å². The Hall–Kier alpha value is -0.570. The number of hydrogen-bond donors (Lipinski definition) is 2. The Bertz CT molecular complexity index is 281. The third-order valence-corrected chi connectivity index (χ3v) is 4.75. The van der Waals surface area contributed by atoms with E-state index in [1.807, 2.05) is 0 Å². The molecular formula is C17H34N2O. The van der Waals surface area contributed by atoms with Gasteiger partial charge in [-0.1, -0.05) is 40.0 Å². The highest BCUT2D eigenvalue weighted by Crippen LogP contribution is 2.32. The summed E-state index contributed by atoms with van der Waals surface area (Å²) in [6.45, 7) is 8.02. The fourth-order valence-corrected chi connectivity index (χ4v) is 3.16. The summed E-state index contributed by atoms with van der Waals surface area (Å²) in [5, 5.41) is 3.14. The van der Waals surface area contributed by atoms with Gasteiger partial charge < -0.3 is 11.1 Å². The van der Waals surface area contributed by atoms with Crippen LogP contribution in [0.5, 0.6) is 0 Å². The van der Waals surface area contributed by atoms with Crippen LogP contribution in [0.15, 0.2) is 0 Å². The van der Waals surface area contributed by atoms with Gasteiger partial charge in [0.15, 0.2) is 0 Å². The molecule has 0 saturated heterocycles. The minimum atomic E-state index is 0.114. The lowest BCUT2D eigenvalue weighted by molar-refractivity contribution is -0.126. The van der Waals surface area contributed by atoms with E-state index in [0.717, 1.165) is 31.7 Å². The Morgan fingerprint density at radius 3 is 2.45 bits per heavy atom. The molecule has 3 heteroatoms. The predicted molar refractivity (Wildman–Crippen MR) is 85.4 cm³/mol. The van der Waals surface area contributed by atoms with Gasteiger partial charge in [-0.05, 0) is 50.0 Å². The second-order valence-corrected chi connectivity index (χ2v) is 7.28. The van der Waals surface area contributed by atoms with Gasteiger partial charge in [0.25, 0.3) is 0 Å². The highest BCUT2D eigenvalue weighted by Gasteiger charge is 2.27. The van der Waals surface area contributed by atoms with Gasteiger partial charge in [-0.2, -0.15) is 0 Å². The van der Waals surface area contributed by atoms with E-state index in [1.165, 1.54) is 32.1 Å². The zero-order chi connectivity index (χ0) is 15.0. The minimum absolute atomic E-state index is 0.114. The lowest BCUT2D eigenvalue weighted by Gasteiger charge is -2.30. The lowest BCUT2D eigenvalue weighted by Crippen LogP contribution is -2.39. The van der Waals surface area contributed by atoms with E-state index in [-0.39, 0.29) is 17.2 Å². The van der Waals surface area contributed by atoms with Gasteiger partial charge in [0, 0.05) is 12.5 Å². The first-order valence-corrected chi connectivity index (χ1v) is 8.46. The zero-order valence-electron chi connectivity index (χ0n) is 13.7. The number of hydrogen-bond acceptors (Lipinski definition) is 2. The molecule has 1 aliphatic carbocycles. The lowest BCUT2D eigenvalue weighted by atomic mass is 9.79. The summed E-state index contributed by atoms with van der Waals surface area (Å²) < 4.78 is 0. The largest absolute Gasteiger partial charge is 0.355 e. The average Bonchev–Trinajstić information content (AvgIpc) is 2.43. The van der Waals surface area contributed by atoms with E-state index >= 15 is 0 Å². The van der Waals surface area contributed by atoms with Crippen LogP contribution in [0.1, 0.15) is 72.1 Å². The van der Waals surface area contributed by atoms with Crippen molar-refractivity contribution >= 4 is 5.91 Å². The van der Waals surface area contributed by atoms with Crippen molar-refractivity contribution in [2.45, 2.75) is 72.1 Å². The summed E-state index contributed by atoms with van der Waals surface area (Å²) in [7, 11) is 0. The van der Waals surface area contributed by atoms with Gasteiger partial charge in [-0.15, -0.1) is 0 Å². The molecule has 1 saturated carbocycles. The first-order chi connectivity index (χ1) is 9.48. The molecule has 0 aromatic heterocycles. The second kappa shape index (κ2) is 8.66. The SMILES string of the molecule is CCCCC1CCC(C(=O)NCC(C)(C)CCN)CC1. The second-order valence-electron chi connectivity index (χ2n) is 7.28. The number of unbranched alkanes of at least 4 members (excludes halogenated alkanes) is 1. The van der Waals surface area contributed by atoms with Crippen molar-refractivity contribution in [2.24, 2.45) is 23.0 Å². The van der Waals surface area contributed by atoms with Crippen LogP contribution in [0.25, 0.3) is 0 Å². The standard InChI is InChI=1S/C17H34N2O/c1-4-5-6-14-7-9-15(10-8-14)16(20)19-13-17(2,3)11-12-18/h14-15H,4-13,18H2,1-3H3,(H,19,20). The van der Waals surface area contributed by atoms with E-state index < -0.39 is 0 Å². The zero-order valence-corrected chi connectivity index (χ0v) is 13.7. The molecule has 0 aromatic rings. The van der Waals surface area contributed by atoms with E-state index in [4.69, 9.17) is 5.73 Å². The molecule has 3 N–H and O–H groups in total. The van der Waals surface area contributed by atoms with Crippen LogP contribution in [0.3, 0.4) is 0 Å². The molecule has 0 heterocycles. The van der Waals surface area contributed by atoms with Crippen molar-refractivity contribution in [2.75, 3.05) is 13.1 Å². The number of rotatable bonds is 8. The fourth-order valence-electron chi connectivity index (χ4n) is 3.16. The van der Waals surface area contributed by atoms with E-state index in [1.54, 1.807) is 0 Å². The molecule has 0 atom stereocenters. The summed E-state index contributed by atoms with van der Waals surface area (Å²) in [5.41, 5.74) is 5.72. The van der Waals surface area contributed by atoms with Crippen molar-refractivity contribution in [3.63, 3.8) is 0 Å². The first-order valence-electron chi connectivity index (χ1n) is 8.46. The summed E-state index contributed by atoms with van der Waals surface area (Å²) in [6.07, 6.45) is 9.58. The van der Waals surface area contributed by atoms with Gasteiger partial charge in [-0.25, -0.2) is 0 Å². The molecule has 118 valence electrons. The van der Waals surface area contributed by atoms with E-state index in [0.29, 0.717) is 6.54 Å². The maximum Gasteiger partial charge on any atom is 0.223 e. The molecule has 0 aromatic carbocycles. The molecule has 3 nitrogen and oxygen atoms in total. The Morgan fingerprint density at radius 2 is 1.90 bits per heavy atom. The summed E-state index contributed by atoms with van der Waals surface area (Å²) in [4.78, 5) is 12.2. The number of carbonyl (C=O) groups excluding carboxylic acids is 1. The normalized spacial score (nSPS) is 23.6. The molecule has 0 spiro atoms. The predicted octanol–water partition coefficient (Wildman–Crippen LogP) is 3.47. The van der Waals surface area contributed by atoms with Crippen LogP contribution in [0.4, 0.5) is 0 Å². The Kier molecular flexibility index (Phi) is 7.57. The molecule has 0 aliphatic heterocycles. The maximum atomic E-state index is 12.2. The van der Waals surface area contributed by atoms with Crippen molar-refractivity contribution in [1.82, 2.24) is 5.32 Å². The topological polar surface area (TPSA) is 55.1 Å². The van der Waals surface area contributed by atoms with Crippen LogP contribution in [0.2, 0.25) is 0 Å². The van der Waals surface area contributed by atoms with E-state index in [9.17, 15) is 4.79 Å². The van der Waals surface area contributed by atoms with Crippen LogP contribution < -0.4 is 11.1 Å². The van der Waals surface area contributed by atoms with Crippen LogP contribution in [0, 0.1) is 17.3 Å². The first kappa shape index (κ1) is 17.5. The molecule has 1 rings (SSSR count). The molecule has 0 radical (unpaired) electrons. The van der Waals surface area contributed by atoms with Crippen LogP contribution in [-0.2, 0) is 4.79 Å². The Balaban J connectivity index is 2.25. The fraction of sp³-hybridized carbons (Fsp3) is 0.941. The maximum absolute atomic E-state index is 12.2. The minimum Gasteiger partial charge on any atom is -0.355 e. The average molecular weight is 282 g/mol. The van der Waals surface area contributed by atoms with Gasteiger partial charge in [-0.3, -0.25) is 4.79 Å². The number of amides is 1. The molecule has 0 bridgehead atoms. The summed E-state index contributed by atoms with van der Waals surface area (Å²) in [6, 6.07) is 0. The monoisotopic (exact) mass is 282 g/mol. The molecule has 1 fully saturated rings. The molecule has 1 amide bonds. The van der Waals surface area contributed by atoms with Crippen molar-refractivity contribution in [3.8, 4) is 0 Å². The van der Waals surface area contributed by atoms with Crippen molar-refractivity contribution < 1.29 is 4.79 Å².